The van der Waals surface area contributed by atoms with Gasteiger partial charge in [-0.15, -0.1) is 0 Å². The molecule has 172 valence electrons. The van der Waals surface area contributed by atoms with E-state index in [1.54, 1.807) is 24.3 Å². The van der Waals surface area contributed by atoms with Gasteiger partial charge in [-0.05, 0) is 35.2 Å². The molecule has 1 aliphatic heterocycles. The number of esters is 1. The molecule has 1 saturated heterocycles. The molecule has 0 amide bonds. The number of hydrogen-bond donors (Lipinski definition) is 1. The highest BCUT2D eigenvalue weighted by atomic mass is 16.6. The number of aromatic nitrogens is 1. The number of likely N-dealkylation sites (tertiary alicyclic amines) is 1. The summed E-state index contributed by atoms with van der Waals surface area (Å²) in [6.45, 7) is 2.43. The number of likely N-dealkylation sites (N-methyl/N-ethyl adjacent to an activating group) is 1. The highest BCUT2D eigenvalue weighted by Gasteiger charge is 2.44. The Kier molecular flexibility index (Phi) is 7.21. The maximum absolute atomic E-state index is 13.3. The van der Waals surface area contributed by atoms with Crippen molar-refractivity contribution in [1.82, 2.24) is 4.98 Å². The van der Waals surface area contributed by atoms with Crippen molar-refractivity contribution in [3.05, 3.63) is 102 Å². The lowest BCUT2D eigenvalue weighted by Gasteiger charge is -2.36. The van der Waals surface area contributed by atoms with Gasteiger partial charge in [-0.2, -0.15) is 0 Å². The van der Waals surface area contributed by atoms with Crippen LogP contribution >= 0.6 is 0 Å². The second kappa shape index (κ2) is 10.3. The van der Waals surface area contributed by atoms with Gasteiger partial charge in [0.05, 0.1) is 20.1 Å². The Morgan fingerprint density at radius 3 is 2.24 bits per heavy atom. The minimum absolute atomic E-state index is 0.238. The number of nitrogens with zero attached hydrogens (tertiary/aromatic N) is 2. The monoisotopic (exact) mass is 445 g/mol. The molecule has 5 heteroatoms. The number of carbonyl (C=O) groups is 1. The van der Waals surface area contributed by atoms with Crippen LogP contribution in [0.5, 0.6) is 0 Å². The highest BCUT2D eigenvalue weighted by Crippen LogP contribution is 2.32. The van der Waals surface area contributed by atoms with Crippen molar-refractivity contribution in [3.63, 3.8) is 0 Å². The maximum Gasteiger partial charge on any atom is 0.347 e. The molecule has 4 rings (SSSR count). The number of hydrogen-bond acceptors (Lipinski definition) is 4. The largest absolute Gasteiger partial charge is 0.457 e. The van der Waals surface area contributed by atoms with E-state index in [0.717, 1.165) is 43.3 Å². The lowest BCUT2D eigenvalue weighted by molar-refractivity contribution is -0.921. The number of aryl methyl sites for hydroxylation is 1. The van der Waals surface area contributed by atoms with Crippen LogP contribution in [0.1, 0.15) is 36.0 Å². The van der Waals surface area contributed by atoms with Crippen molar-refractivity contribution < 1.29 is 19.1 Å². The molecule has 0 aliphatic carbocycles. The number of quaternary nitrogens is 1. The zero-order valence-electron chi connectivity index (χ0n) is 19.3. The number of rotatable bonds is 9. The summed E-state index contributed by atoms with van der Waals surface area (Å²) in [7, 11) is 2.26. The van der Waals surface area contributed by atoms with E-state index in [4.69, 9.17) is 4.74 Å². The van der Waals surface area contributed by atoms with Crippen LogP contribution in [0.3, 0.4) is 0 Å². The van der Waals surface area contributed by atoms with Gasteiger partial charge in [-0.25, -0.2) is 4.79 Å². The molecule has 2 atom stereocenters. The Hall–Kier alpha value is -3.02. The molecule has 1 aliphatic rings. The smallest absolute Gasteiger partial charge is 0.347 e. The van der Waals surface area contributed by atoms with E-state index in [1.165, 1.54) is 5.56 Å². The summed E-state index contributed by atoms with van der Waals surface area (Å²) in [4.78, 5) is 17.4. The molecule has 0 bridgehead atoms. The van der Waals surface area contributed by atoms with Crippen molar-refractivity contribution in [2.24, 2.45) is 0 Å². The summed E-state index contributed by atoms with van der Waals surface area (Å²) in [6.07, 6.45) is 7.91. The van der Waals surface area contributed by atoms with E-state index in [2.05, 4.69) is 24.2 Å². The normalized spacial score (nSPS) is 20.5. The number of benzene rings is 2. The lowest BCUT2D eigenvalue weighted by atomic mass is 9.86. The van der Waals surface area contributed by atoms with E-state index in [1.807, 2.05) is 48.8 Å². The molecular formula is C28H33N2O3+. The summed E-state index contributed by atoms with van der Waals surface area (Å²) in [6, 6.07) is 22.5. The topological polar surface area (TPSA) is 59.4 Å². The maximum atomic E-state index is 13.3. The van der Waals surface area contributed by atoms with Crippen LogP contribution in [-0.2, 0) is 21.6 Å². The fraction of sp³-hybridized carbons (Fsp3) is 0.357. The summed E-state index contributed by atoms with van der Waals surface area (Å²) >= 11 is 0. The molecule has 1 fully saturated rings. The molecule has 0 spiro atoms. The van der Waals surface area contributed by atoms with E-state index >= 15 is 0 Å². The fourth-order valence-electron chi connectivity index (χ4n) is 4.97. The van der Waals surface area contributed by atoms with Gasteiger partial charge in [0.1, 0.15) is 12.6 Å². The first-order valence-corrected chi connectivity index (χ1v) is 11.8. The number of ether oxygens (including phenoxy) is 1. The molecule has 1 N–H and O–H groups in total. The minimum Gasteiger partial charge on any atom is -0.457 e. The van der Waals surface area contributed by atoms with E-state index < -0.39 is 11.6 Å². The van der Waals surface area contributed by atoms with Crippen LogP contribution in [0.15, 0.2) is 85.2 Å². The Labute approximate surface area is 196 Å². The van der Waals surface area contributed by atoms with Gasteiger partial charge in [-0.1, -0.05) is 60.7 Å². The summed E-state index contributed by atoms with van der Waals surface area (Å²) in [5, 5.41) is 11.6. The van der Waals surface area contributed by atoms with Crippen molar-refractivity contribution in [1.29, 1.82) is 0 Å². The molecule has 0 saturated carbocycles. The van der Waals surface area contributed by atoms with Crippen molar-refractivity contribution >= 4 is 5.97 Å². The third-order valence-corrected chi connectivity index (χ3v) is 7.06. The second-order valence-corrected chi connectivity index (χ2v) is 9.22. The van der Waals surface area contributed by atoms with E-state index in [-0.39, 0.29) is 6.04 Å². The molecule has 2 aromatic carbocycles. The van der Waals surface area contributed by atoms with Crippen molar-refractivity contribution in [2.75, 3.05) is 26.7 Å². The molecule has 0 radical (unpaired) electrons. The quantitative estimate of drug-likeness (QED) is 0.398. The van der Waals surface area contributed by atoms with Crippen LogP contribution in [0.4, 0.5) is 0 Å². The first-order chi connectivity index (χ1) is 16.0. The van der Waals surface area contributed by atoms with Crippen LogP contribution in [0.2, 0.25) is 0 Å². The Morgan fingerprint density at radius 2 is 1.64 bits per heavy atom. The fourth-order valence-corrected chi connectivity index (χ4v) is 4.97. The molecular weight excluding hydrogens is 412 g/mol. The third kappa shape index (κ3) is 5.15. The summed E-state index contributed by atoms with van der Waals surface area (Å²) in [5.41, 5.74) is 0.505. The standard InChI is InChI=1S/C28H33N2O3/c1-30(20-8-10-23-16-18-29-19-17-23)21-9-15-26(30)22-33-27(31)28(32,24-11-4-2-5-12-24)25-13-6-3-7-14-25/h2-7,11-14,16-19,26,32H,8-10,15,20-22H2,1H3/q+1/t26?,30-/m1/s1. The SMILES string of the molecule is C[N@@+]1(CCCc2ccncc2)CCCC1COC(=O)C(O)(c1ccccc1)c1ccccc1. The predicted molar refractivity (Wildman–Crippen MR) is 128 cm³/mol. The van der Waals surface area contributed by atoms with Crippen molar-refractivity contribution in [2.45, 2.75) is 37.3 Å². The average molecular weight is 446 g/mol. The summed E-state index contributed by atoms with van der Waals surface area (Å²) < 4.78 is 6.74. The number of pyridine rings is 1. The van der Waals surface area contributed by atoms with Gasteiger partial charge in [-0.3, -0.25) is 4.98 Å². The van der Waals surface area contributed by atoms with Gasteiger partial charge in [0, 0.05) is 31.7 Å². The van der Waals surface area contributed by atoms with Gasteiger partial charge in [0.25, 0.3) is 0 Å². The second-order valence-electron chi connectivity index (χ2n) is 9.22. The zero-order valence-corrected chi connectivity index (χ0v) is 19.3. The highest BCUT2D eigenvalue weighted by molar-refractivity contribution is 5.85. The average Bonchev–Trinajstić information content (AvgIpc) is 3.23. The zero-order chi connectivity index (χ0) is 23.2. The Morgan fingerprint density at radius 1 is 1.03 bits per heavy atom. The first kappa shape index (κ1) is 23.1. The first-order valence-electron chi connectivity index (χ1n) is 11.8. The molecule has 5 nitrogen and oxygen atoms in total. The Balaban J connectivity index is 1.43. The van der Waals surface area contributed by atoms with Crippen LogP contribution < -0.4 is 0 Å². The van der Waals surface area contributed by atoms with E-state index in [9.17, 15) is 9.90 Å². The molecule has 33 heavy (non-hydrogen) atoms. The summed E-state index contributed by atoms with van der Waals surface area (Å²) in [5.74, 6) is -0.616. The predicted octanol–water partition coefficient (Wildman–Crippen LogP) is 4.10. The van der Waals surface area contributed by atoms with Crippen LogP contribution in [0, 0.1) is 0 Å². The van der Waals surface area contributed by atoms with E-state index in [0.29, 0.717) is 17.7 Å². The number of aliphatic hydroxyl groups is 1. The lowest BCUT2D eigenvalue weighted by Crippen LogP contribution is -2.51. The number of carbonyl (C=O) groups excluding carboxylic acids is 1. The molecule has 2 heterocycles. The molecule has 1 aromatic heterocycles. The minimum atomic E-state index is -1.83. The third-order valence-electron chi connectivity index (χ3n) is 7.06. The van der Waals surface area contributed by atoms with Crippen LogP contribution in [-0.4, -0.2) is 53.3 Å². The van der Waals surface area contributed by atoms with Gasteiger partial charge >= 0.3 is 5.97 Å². The molecule has 1 unspecified atom stereocenters. The van der Waals surface area contributed by atoms with Gasteiger partial charge < -0.3 is 14.3 Å². The van der Waals surface area contributed by atoms with Crippen LogP contribution in [0.25, 0.3) is 0 Å². The van der Waals surface area contributed by atoms with Gasteiger partial charge in [0.15, 0.2) is 0 Å². The van der Waals surface area contributed by atoms with Gasteiger partial charge in [0.2, 0.25) is 5.60 Å². The van der Waals surface area contributed by atoms with Crippen molar-refractivity contribution in [3.8, 4) is 0 Å². The Bertz CT molecular complexity index is 987. The molecule has 3 aromatic rings.